The average Bonchev–Trinajstić information content (AvgIpc) is 2.65. The summed E-state index contributed by atoms with van der Waals surface area (Å²) in [7, 11) is -7.65. The quantitative estimate of drug-likeness (QED) is 0.639. The Labute approximate surface area is 188 Å². The zero-order valence-corrected chi connectivity index (χ0v) is 19.1. The van der Waals surface area contributed by atoms with Gasteiger partial charge in [-0.15, -0.1) is 0 Å². The third-order valence-electron chi connectivity index (χ3n) is 5.26. The number of amides is 1. The Morgan fingerprint density at radius 3 is 2.34 bits per heavy atom. The highest BCUT2D eigenvalue weighted by atomic mass is 35.5. The van der Waals surface area contributed by atoms with E-state index in [0.29, 0.717) is 6.07 Å². The number of alkyl halides is 3. The number of sulfone groups is 2. The second kappa shape index (κ2) is 8.68. The van der Waals surface area contributed by atoms with Gasteiger partial charge in [0.15, 0.2) is 19.7 Å². The lowest BCUT2D eigenvalue weighted by Gasteiger charge is -2.35. The van der Waals surface area contributed by atoms with Crippen LogP contribution in [0.3, 0.4) is 0 Å². The monoisotopic (exact) mass is 509 g/mol. The van der Waals surface area contributed by atoms with Crippen molar-refractivity contribution in [3.05, 3.63) is 58.6 Å². The molecule has 1 aliphatic carbocycles. The highest BCUT2D eigenvalue weighted by Gasteiger charge is 2.40. The molecule has 0 unspecified atom stereocenters. The van der Waals surface area contributed by atoms with Crippen molar-refractivity contribution in [2.75, 3.05) is 12.8 Å². The van der Waals surface area contributed by atoms with E-state index >= 15 is 0 Å². The summed E-state index contributed by atoms with van der Waals surface area (Å²) >= 11 is 5.82. The summed E-state index contributed by atoms with van der Waals surface area (Å²) in [5.74, 6) is -0.857. The molecule has 6 nitrogen and oxygen atoms in total. The van der Waals surface area contributed by atoms with Crippen LogP contribution in [0.4, 0.5) is 13.2 Å². The van der Waals surface area contributed by atoms with E-state index in [1.54, 1.807) is 0 Å². The van der Waals surface area contributed by atoms with Crippen LogP contribution in [0.25, 0.3) is 0 Å². The summed E-state index contributed by atoms with van der Waals surface area (Å²) in [6.07, 6.45) is -3.37. The molecule has 12 heteroatoms. The first-order valence-corrected chi connectivity index (χ1v) is 13.2. The summed E-state index contributed by atoms with van der Waals surface area (Å²) in [4.78, 5) is 11.8. The molecule has 2 aromatic rings. The third-order valence-corrected chi connectivity index (χ3v) is 8.81. The van der Waals surface area contributed by atoms with Gasteiger partial charge < -0.3 is 5.32 Å². The Morgan fingerprint density at radius 2 is 1.75 bits per heavy atom. The standard InChI is InChI=1S/C20H19ClF3NO5S2/c1-31(27,28)18-10-14(21)5-6-17(18)19(26)25-11-12-7-16(8-12)32(29,30)15-4-2-3-13(9-15)20(22,23)24/h2-6,9-10,12,16H,7-8,11H2,1H3,(H,25,26). The molecule has 0 bridgehead atoms. The van der Waals surface area contributed by atoms with Crippen LogP contribution in [-0.2, 0) is 25.9 Å². The number of hydrogen-bond donors (Lipinski definition) is 1. The first-order chi connectivity index (χ1) is 14.7. The van der Waals surface area contributed by atoms with Crippen molar-refractivity contribution in [3.8, 4) is 0 Å². The number of carbonyl (C=O) groups is 1. The second-order valence-corrected chi connectivity index (χ2v) is 12.3. The van der Waals surface area contributed by atoms with Crippen molar-refractivity contribution in [1.82, 2.24) is 5.32 Å². The number of benzene rings is 2. The van der Waals surface area contributed by atoms with Gasteiger partial charge >= 0.3 is 6.18 Å². The Balaban J connectivity index is 1.64. The molecule has 0 heterocycles. The van der Waals surface area contributed by atoms with Gasteiger partial charge in [-0.05, 0) is 55.2 Å². The minimum absolute atomic E-state index is 0.0793. The zero-order valence-electron chi connectivity index (χ0n) is 16.7. The number of nitrogens with one attached hydrogen (secondary N) is 1. The fourth-order valence-electron chi connectivity index (χ4n) is 3.46. The summed E-state index contributed by atoms with van der Waals surface area (Å²) in [6.45, 7) is 0.0965. The van der Waals surface area contributed by atoms with E-state index in [9.17, 15) is 34.8 Å². The Kier molecular flexibility index (Phi) is 6.65. The van der Waals surface area contributed by atoms with E-state index in [4.69, 9.17) is 11.6 Å². The van der Waals surface area contributed by atoms with Gasteiger partial charge in [0.25, 0.3) is 5.91 Å². The van der Waals surface area contributed by atoms with Crippen LogP contribution in [0.1, 0.15) is 28.8 Å². The largest absolute Gasteiger partial charge is 0.416 e. The molecule has 0 aromatic heterocycles. The molecule has 1 amide bonds. The van der Waals surface area contributed by atoms with Crippen LogP contribution in [0, 0.1) is 5.92 Å². The van der Waals surface area contributed by atoms with Crippen LogP contribution in [0.15, 0.2) is 52.3 Å². The highest BCUT2D eigenvalue weighted by molar-refractivity contribution is 7.92. The van der Waals surface area contributed by atoms with E-state index in [1.807, 2.05) is 0 Å². The summed E-state index contributed by atoms with van der Waals surface area (Å²) in [6, 6.07) is 7.45. The molecule has 3 rings (SSSR count). The van der Waals surface area contributed by atoms with E-state index in [0.717, 1.165) is 24.5 Å². The van der Waals surface area contributed by atoms with Crippen molar-refractivity contribution in [2.24, 2.45) is 5.92 Å². The molecule has 0 atom stereocenters. The van der Waals surface area contributed by atoms with Crippen molar-refractivity contribution < 1.29 is 34.8 Å². The fraction of sp³-hybridized carbons (Fsp3) is 0.350. The zero-order chi connectivity index (χ0) is 23.9. The molecular formula is C20H19ClF3NO5S2. The highest BCUT2D eigenvalue weighted by Crippen LogP contribution is 2.38. The van der Waals surface area contributed by atoms with Gasteiger partial charge in [-0.3, -0.25) is 4.79 Å². The van der Waals surface area contributed by atoms with Crippen LogP contribution in [0.2, 0.25) is 5.02 Å². The number of halogens is 4. The first-order valence-electron chi connectivity index (χ1n) is 9.38. The van der Waals surface area contributed by atoms with Gasteiger partial charge in [0, 0.05) is 17.8 Å². The molecule has 0 spiro atoms. The Morgan fingerprint density at radius 1 is 1.09 bits per heavy atom. The molecule has 1 saturated carbocycles. The first kappa shape index (κ1) is 24.5. The minimum Gasteiger partial charge on any atom is -0.352 e. The van der Waals surface area contributed by atoms with E-state index in [1.165, 1.54) is 18.2 Å². The molecular weight excluding hydrogens is 491 g/mol. The molecule has 32 heavy (non-hydrogen) atoms. The average molecular weight is 510 g/mol. The molecule has 174 valence electrons. The van der Waals surface area contributed by atoms with Crippen molar-refractivity contribution >= 4 is 37.2 Å². The maximum Gasteiger partial charge on any atom is 0.416 e. The molecule has 0 aliphatic heterocycles. The van der Waals surface area contributed by atoms with Crippen molar-refractivity contribution in [2.45, 2.75) is 34.1 Å². The van der Waals surface area contributed by atoms with Crippen LogP contribution in [0.5, 0.6) is 0 Å². The number of rotatable bonds is 6. The van der Waals surface area contributed by atoms with E-state index in [2.05, 4.69) is 5.32 Å². The number of carbonyl (C=O) groups excluding carboxylic acids is 1. The van der Waals surface area contributed by atoms with Gasteiger partial charge in [0.1, 0.15) is 0 Å². The second-order valence-electron chi connectivity index (χ2n) is 7.65. The molecule has 1 N–H and O–H groups in total. The lowest BCUT2D eigenvalue weighted by Crippen LogP contribution is -2.42. The van der Waals surface area contributed by atoms with Crippen LogP contribution < -0.4 is 5.32 Å². The summed E-state index contributed by atoms with van der Waals surface area (Å²) < 4.78 is 87.8. The van der Waals surface area contributed by atoms with E-state index < -0.39 is 47.5 Å². The van der Waals surface area contributed by atoms with Gasteiger partial charge in [-0.25, -0.2) is 16.8 Å². The molecule has 0 radical (unpaired) electrons. The number of hydrogen-bond acceptors (Lipinski definition) is 5. The third kappa shape index (κ3) is 5.26. The lowest BCUT2D eigenvalue weighted by atomic mass is 9.85. The molecule has 1 fully saturated rings. The molecule has 0 saturated heterocycles. The Bertz CT molecular complexity index is 1250. The SMILES string of the molecule is CS(=O)(=O)c1cc(Cl)ccc1C(=O)NCC1CC(S(=O)(=O)c2cccc(C(F)(F)F)c2)C1. The van der Waals surface area contributed by atoms with Gasteiger partial charge in [0.2, 0.25) is 0 Å². The predicted molar refractivity (Wildman–Crippen MR) is 112 cm³/mol. The minimum atomic E-state index is -4.65. The lowest BCUT2D eigenvalue weighted by molar-refractivity contribution is -0.137. The smallest absolute Gasteiger partial charge is 0.352 e. The van der Waals surface area contributed by atoms with Gasteiger partial charge in [-0.1, -0.05) is 17.7 Å². The summed E-state index contributed by atoms with van der Waals surface area (Å²) in [5.41, 5.74) is -1.12. The van der Waals surface area contributed by atoms with Crippen molar-refractivity contribution in [1.29, 1.82) is 0 Å². The topological polar surface area (TPSA) is 97.4 Å². The summed E-state index contributed by atoms with van der Waals surface area (Å²) in [5, 5.41) is 1.89. The van der Waals surface area contributed by atoms with Gasteiger partial charge in [-0.2, -0.15) is 13.2 Å². The molecule has 1 aliphatic rings. The van der Waals surface area contributed by atoms with E-state index in [-0.39, 0.29) is 40.8 Å². The predicted octanol–water partition coefficient (Wildman–Crippen LogP) is 3.74. The molecule has 2 aromatic carbocycles. The van der Waals surface area contributed by atoms with Crippen LogP contribution in [-0.4, -0.2) is 40.8 Å². The maximum absolute atomic E-state index is 12.9. The van der Waals surface area contributed by atoms with Crippen molar-refractivity contribution in [3.63, 3.8) is 0 Å². The maximum atomic E-state index is 12.9. The fourth-order valence-corrected chi connectivity index (χ4v) is 6.59. The van der Waals surface area contributed by atoms with Crippen LogP contribution >= 0.6 is 11.6 Å². The normalized spacial score (nSPS) is 19.3. The Hall–Kier alpha value is -2.11. The van der Waals surface area contributed by atoms with Gasteiger partial charge in [0.05, 0.1) is 26.2 Å².